The van der Waals surface area contributed by atoms with Gasteiger partial charge >= 0.3 is 129 Å². The van der Waals surface area contributed by atoms with Gasteiger partial charge in [0.1, 0.15) is 0 Å². The maximum absolute atomic E-state index is 10.8. The number of unbranched alkanes of at least 4 members (excludes halogenated alkanes) is 9. The average Bonchev–Trinajstić information content (AvgIpc) is 2.39. The van der Waals surface area contributed by atoms with Crippen LogP contribution in [0.4, 0.5) is 0 Å². The molecule has 0 aliphatic carbocycles. The number of thiol groups is 1. The molecule has 0 aliphatic heterocycles. The summed E-state index contributed by atoms with van der Waals surface area (Å²) < 4.78 is 6.29. The van der Waals surface area contributed by atoms with E-state index in [9.17, 15) is 4.79 Å². The van der Waals surface area contributed by atoms with Crippen molar-refractivity contribution in [3.63, 3.8) is 0 Å². The Kier molecular flexibility index (Phi) is 16.2. The molecule has 0 fully saturated rings. The Labute approximate surface area is 129 Å². The van der Waals surface area contributed by atoms with E-state index in [-0.39, 0.29) is 11.7 Å². The molecule has 0 unspecified atom stereocenters. The number of hydrogen-bond donors (Lipinski definition) is 1. The summed E-state index contributed by atoms with van der Waals surface area (Å²) in [6.07, 6.45) is 13.7. The van der Waals surface area contributed by atoms with Crippen LogP contribution in [0.5, 0.6) is 0 Å². The molecule has 0 saturated carbocycles. The molecule has 0 saturated heterocycles. The van der Waals surface area contributed by atoms with Crippen molar-refractivity contribution in [2.75, 3.05) is 5.75 Å². The van der Waals surface area contributed by atoms with Crippen molar-refractivity contribution in [2.24, 2.45) is 0 Å². The monoisotopic (exact) mass is 380 g/mol. The Morgan fingerprint density at radius 1 is 0.944 bits per heavy atom. The second-order valence-corrected chi connectivity index (χ2v) is 7.86. The standard InChI is InChI=1S/C12H25.C2H4O2S.Sn/c1-3-5-7-9-11-12-10-8-6-4-2;3-2(4)1-5;/h1,3-12H2,2H3;5H,1H2,(H,3,4);/q;;+1/p-1. The van der Waals surface area contributed by atoms with Gasteiger partial charge in [0.25, 0.3) is 0 Å². The Bertz CT molecular complexity index is 189. The first-order valence-electron chi connectivity index (χ1n) is 7.34. The Morgan fingerprint density at radius 2 is 1.44 bits per heavy atom. The molecule has 106 valence electrons. The van der Waals surface area contributed by atoms with E-state index in [4.69, 9.17) is 3.07 Å². The number of carbonyl (C=O) groups is 1. The van der Waals surface area contributed by atoms with Crippen molar-refractivity contribution in [3.05, 3.63) is 0 Å². The van der Waals surface area contributed by atoms with Crippen LogP contribution in [0.3, 0.4) is 0 Å². The normalized spacial score (nSPS) is 10.6. The van der Waals surface area contributed by atoms with Gasteiger partial charge in [0.2, 0.25) is 0 Å². The fourth-order valence-corrected chi connectivity index (χ4v) is 4.34. The molecule has 0 amide bonds. The molecule has 0 aromatic rings. The molecule has 0 bridgehead atoms. The molecular weight excluding hydrogens is 351 g/mol. The summed E-state index contributed by atoms with van der Waals surface area (Å²) in [6.45, 7) is 2.26. The number of hydrogen-bond acceptors (Lipinski definition) is 3. The number of carbonyl (C=O) groups excluding carboxylic acids is 1. The van der Waals surface area contributed by atoms with Gasteiger partial charge < -0.3 is 0 Å². The topological polar surface area (TPSA) is 26.3 Å². The molecule has 2 radical (unpaired) electrons. The molecule has 0 aliphatic rings. The summed E-state index contributed by atoms with van der Waals surface area (Å²) in [6, 6.07) is 0. The van der Waals surface area contributed by atoms with Crippen LogP contribution >= 0.6 is 12.6 Å². The Morgan fingerprint density at radius 3 is 1.94 bits per heavy atom. The van der Waals surface area contributed by atoms with E-state index in [1.54, 1.807) is 0 Å². The summed E-state index contributed by atoms with van der Waals surface area (Å²) in [7, 11) is 0. The van der Waals surface area contributed by atoms with Gasteiger partial charge in [-0.1, -0.05) is 0 Å². The average molecular weight is 379 g/mol. The SMILES string of the molecule is CCCCCCCCCCC[CH2][Sn][O]C(=O)CS. The van der Waals surface area contributed by atoms with Crippen LogP contribution in [-0.2, 0) is 7.87 Å². The first kappa shape index (κ1) is 18.6. The van der Waals surface area contributed by atoms with E-state index in [1.165, 1.54) is 68.6 Å². The predicted molar refractivity (Wildman–Crippen MR) is 82.4 cm³/mol. The molecule has 0 aromatic carbocycles. The van der Waals surface area contributed by atoms with Crippen LogP contribution in [-0.4, -0.2) is 33.3 Å². The van der Waals surface area contributed by atoms with E-state index < -0.39 is 21.6 Å². The molecule has 0 rings (SSSR count). The molecule has 2 nitrogen and oxygen atoms in total. The van der Waals surface area contributed by atoms with Crippen molar-refractivity contribution in [1.82, 2.24) is 0 Å². The third kappa shape index (κ3) is 14.7. The van der Waals surface area contributed by atoms with E-state index in [1.807, 2.05) is 0 Å². The summed E-state index contributed by atoms with van der Waals surface area (Å²) in [5.74, 6) is 0.107. The van der Waals surface area contributed by atoms with Crippen LogP contribution in [0, 0.1) is 0 Å². The van der Waals surface area contributed by atoms with Crippen molar-refractivity contribution in [1.29, 1.82) is 0 Å². The molecule has 0 N–H and O–H groups in total. The predicted octanol–water partition coefficient (Wildman–Crippen LogP) is 4.42. The summed E-state index contributed by atoms with van der Waals surface area (Å²) in [4.78, 5) is 10.8. The second-order valence-electron chi connectivity index (χ2n) is 4.71. The summed E-state index contributed by atoms with van der Waals surface area (Å²) in [5.41, 5.74) is 0. The van der Waals surface area contributed by atoms with Crippen molar-refractivity contribution in [2.45, 2.75) is 75.6 Å². The first-order chi connectivity index (χ1) is 8.81. The maximum atomic E-state index is 10.8. The van der Waals surface area contributed by atoms with Crippen LogP contribution < -0.4 is 0 Å². The van der Waals surface area contributed by atoms with Gasteiger partial charge in [0.05, 0.1) is 0 Å². The van der Waals surface area contributed by atoms with Gasteiger partial charge in [-0.05, 0) is 0 Å². The van der Waals surface area contributed by atoms with E-state index in [0.29, 0.717) is 0 Å². The van der Waals surface area contributed by atoms with Gasteiger partial charge in [-0.3, -0.25) is 0 Å². The fraction of sp³-hybridized carbons (Fsp3) is 0.929. The van der Waals surface area contributed by atoms with E-state index >= 15 is 0 Å². The van der Waals surface area contributed by atoms with Crippen LogP contribution in [0.1, 0.15) is 71.1 Å². The second kappa shape index (κ2) is 15.7. The molecule has 18 heavy (non-hydrogen) atoms. The quantitative estimate of drug-likeness (QED) is 0.291. The van der Waals surface area contributed by atoms with Crippen molar-refractivity contribution < 1.29 is 7.87 Å². The Hall–Kier alpha value is 0.619. The van der Waals surface area contributed by atoms with Crippen LogP contribution in [0.15, 0.2) is 0 Å². The minimum absolute atomic E-state index is 0.128. The zero-order chi connectivity index (χ0) is 13.5. The Balaban J connectivity index is 2.97. The van der Waals surface area contributed by atoms with E-state index in [0.717, 1.165) is 0 Å². The zero-order valence-electron chi connectivity index (χ0n) is 11.7. The fourth-order valence-electron chi connectivity index (χ4n) is 1.85. The zero-order valence-corrected chi connectivity index (χ0v) is 15.5. The van der Waals surface area contributed by atoms with Gasteiger partial charge in [0, 0.05) is 0 Å². The number of rotatable bonds is 13. The van der Waals surface area contributed by atoms with Gasteiger partial charge in [0.15, 0.2) is 0 Å². The minimum atomic E-state index is -0.860. The van der Waals surface area contributed by atoms with Crippen molar-refractivity contribution in [3.8, 4) is 0 Å². The molecule has 4 heteroatoms. The molecule has 0 heterocycles. The molecular formula is C14H28O2SSn. The van der Waals surface area contributed by atoms with Gasteiger partial charge in [-0.2, -0.15) is 0 Å². The van der Waals surface area contributed by atoms with Crippen LogP contribution in [0.25, 0.3) is 0 Å². The van der Waals surface area contributed by atoms with Gasteiger partial charge in [-0.25, -0.2) is 0 Å². The summed E-state index contributed by atoms with van der Waals surface area (Å²) >= 11 is 3.02. The van der Waals surface area contributed by atoms with E-state index in [2.05, 4.69) is 19.6 Å². The van der Waals surface area contributed by atoms with Gasteiger partial charge in [-0.15, -0.1) is 0 Å². The third-order valence-corrected chi connectivity index (χ3v) is 5.86. The van der Waals surface area contributed by atoms with Crippen molar-refractivity contribution >= 4 is 40.2 Å². The molecule has 0 atom stereocenters. The third-order valence-electron chi connectivity index (χ3n) is 2.95. The molecule has 0 aromatic heterocycles. The molecule has 0 spiro atoms. The summed E-state index contributed by atoms with van der Waals surface area (Å²) in [5, 5.41) is 0. The van der Waals surface area contributed by atoms with Crippen LogP contribution in [0.2, 0.25) is 4.44 Å². The first-order valence-corrected chi connectivity index (χ1v) is 11.2.